The first kappa shape index (κ1) is 10.5. The van der Waals surface area contributed by atoms with Gasteiger partial charge < -0.3 is 5.11 Å². The summed E-state index contributed by atoms with van der Waals surface area (Å²) in [6.45, 7) is -0.602. The number of hydrogen-bond donors (Lipinski definition) is 1. The van der Waals surface area contributed by atoms with Crippen LogP contribution in [0.2, 0.25) is 0 Å². The van der Waals surface area contributed by atoms with Crippen molar-refractivity contribution in [3.05, 3.63) is 28.8 Å². The van der Waals surface area contributed by atoms with Crippen LogP contribution in [-0.4, -0.2) is 10.1 Å². The molecule has 6 heteroatoms. The highest BCUT2D eigenvalue weighted by atomic mass is 19.3. The van der Waals surface area contributed by atoms with Crippen LogP contribution in [0.5, 0.6) is 0 Å². The van der Waals surface area contributed by atoms with E-state index in [2.05, 4.69) is 4.98 Å². The van der Waals surface area contributed by atoms with Crippen LogP contribution in [0.1, 0.15) is 23.2 Å². The van der Waals surface area contributed by atoms with Crippen molar-refractivity contribution in [2.75, 3.05) is 0 Å². The van der Waals surface area contributed by atoms with Crippen LogP contribution >= 0.6 is 0 Å². The van der Waals surface area contributed by atoms with Crippen LogP contribution in [-0.2, 0) is 6.61 Å². The highest BCUT2D eigenvalue weighted by Crippen LogP contribution is 2.25. The van der Waals surface area contributed by atoms with Gasteiger partial charge in [0.15, 0.2) is 0 Å². The highest BCUT2D eigenvalue weighted by molar-refractivity contribution is 5.38. The number of nitrogens with zero attached hydrogens (tertiary/aromatic N) is 2. The third-order valence-electron chi connectivity index (χ3n) is 1.57. The van der Waals surface area contributed by atoms with Crippen molar-refractivity contribution in [3.63, 3.8) is 0 Å². The number of aliphatic hydroxyl groups excluding tert-OH is 1. The third-order valence-corrected chi connectivity index (χ3v) is 1.57. The van der Waals surface area contributed by atoms with Crippen molar-refractivity contribution in [1.29, 1.82) is 5.26 Å². The molecule has 1 heterocycles. The molecule has 0 radical (unpaired) electrons. The van der Waals surface area contributed by atoms with E-state index >= 15 is 0 Å². The molecule has 1 rings (SSSR count). The van der Waals surface area contributed by atoms with Crippen LogP contribution in [0.15, 0.2) is 6.07 Å². The zero-order chi connectivity index (χ0) is 10.7. The number of pyridine rings is 1. The molecule has 74 valence electrons. The van der Waals surface area contributed by atoms with Crippen LogP contribution in [0.3, 0.4) is 0 Å². The molecule has 3 nitrogen and oxygen atoms in total. The van der Waals surface area contributed by atoms with Gasteiger partial charge in [-0.05, 0) is 6.07 Å². The predicted octanol–water partition coefficient (Wildman–Crippen LogP) is 1.52. The largest absolute Gasteiger partial charge is 0.390 e. The van der Waals surface area contributed by atoms with Gasteiger partial charge >= 0.3 is 0 Å². The quantitative estimate of drug-likeness (QED) is 0.739. The fourth-order valence-corrected chi connectivity index (χ4v) is 0.955. The van der Waals surface area contributed by atoms with E-state index in [4.69, 9.17) is 10.4 Å². The molecule has 0 saturated heterocycles. The first-order valence-electron chi connectivity index (χ1n) is 3.58. The minimum absolute atomic E-state index is 0.150. The number of aromatic nitrogens is 1. The van der Waals surface area contributed by atoms with Crippen LogP contribution in [0.25, 0.3) is 0 Å². The normalized spacial score (nSPS) is 10.3. The standard InChI is InChI=1S/C8H5F3N2O/c9-7(10)6-4(2-12)1-5(3-14)13-8(6)11/h1,7,14H,3H2. The maximum Gasteiger partial charge on any atom is 0.269 e. The van der Waals surface area contributed by atoms with Crippen LogP contribution in [0.4, 0.5) is 13.2 Å². The van der Waals surface area contributed by atoms with E-state index in [0.717, 1.165) is 6.07 Å². The van der Waals surface area contributed by atoms with E-state index < -0.39 is 30.1 Å². The minimum Gasteiger partial charge on any atom is -0.390 e. The molecule has 0 unspecified atom stereocenters. The Balaban J connectivity index is 3.37. The van der Waals surface area contributed by atoms with Crippen molar-refractivity contribution in [2.45, 2.75) is 13.0 Å². The zero-order valence-electron chi connectivity index (χ0n) is 6.84. The highest BCUT2D eigenvalue weighted by Gasteiger charge is 2.20. The molecule has 0 atom stereocenters. The molecular formula is C8H5F3N2O. The summed E-state index contributed by atoms with van der Waals surface area (Å²) in [7, 11) is 0. The Hall–Kier alpha value is -1.61. The molecular weight excluding hydrogens is 197 g/mol. The second kappa shape index (κ2) is 4.07. The summed E-state index contributed by atoms with van der Waals surface area (Å²) in [4.78, 5) is 3.07. The fraction of sp³-hybridized carbons (Fsp3) is 0.250. The molecule has 1 aromatic rings. The number of aliphatic hydroxyl groups is 1. The lowest BCUT2D eigenvalue weighted by Crippen LogP contribution is -2.03. The monoisotopic (exact) mass is 202 g/mol. The minimum atomic E-state index is -3.09. The number of hydrogen-bond acceptors (Lipinski definition) is 3. The van der Waals surface area contributed by atoms with Gasteiger partial charge in [-0.15, -0.1) is 0 Å². The van der Waals surface area contributed by atoms with E-state index in [1.54, 1.807) is 0 Å². The molecule has 0 aromatic carbocycles. The van der Waals surface area contributed by atoms with Gasteiger partial charge in [-0.25, -0.2) is 13.8 Å². The molecule has 0 spiro atoms. The summed E-state index contributed by atoms with van der Waals surface area (Å²) in [6, 6.07) is 2.36. The summed E-state index contributed by atoms with van der Waals surface area (Å²) in [5.41, 5.74) is -1.68. The van der Waals surface area contributed by atoms with E-state index in [0.29, 0.717) is 0 Å². The van der Waals surface area contributed by atoms with Crippen molar-refractivity contribution in [2.24, 2.45) is 0 Å². The second-order valence-corrected chi connectivity index (χ2v) is 2.44. The molecule has 0 fully saturated rings. The smallest absolute Gasteiger partial charge is 0.269 e. The molecule has 0 amide bonds. The zero-order valence-corrected chi connectivity index (χ0v) is 6.84. The maximum atomic E-state index is 12.9. The van der Waals surface area contributed by atoms with Gasteiger partial charge in [-0.1, -0.05) is 0 Å². The Kier molecular flexibility index (Phi) is 3.04. The van der Waals surface area contributed by atoms with E-state index in [9.17, 15) is 13.2 Å². The Morgan fingerprint density at radius 2 is 2.21 bits per heavy atom. The lowest BCUT2D eigenvalue weighted by Gasteiger charge is -2.04. The average molecular weight is 202 g/mol. The molecule has 1 N–H and O–H groups in total. The van der Waals surface area contributed by atoms with Crippen molar-refractivity contribution < 1.29 is 18.3 Å². The fourth-order valence-electron chi connectivity index (χ4n) is 0.955. The average Bonchev–Trinajstić information content (AvgIpc) is 2.15. The van der Waals surface area contributed by atoms with Gasteiger partial charge in [-0.3, -0.25) is 0 Å². The molecule has 1 aromatic heterocycles. The summed E-state index contributed by atoms with van der Waals surface area (Å²) < 4.78 is 37.3. The van der Waals surface area contributed by atoms with Crippen molar-refractivity contribution in [3.8, 4) is 6.07 Å². The van der Waals surface area contributed by atoms with Crippen molar-refractivity contribution >= 4 is 0 Å². The molecule has 0 aliphatic heterocycles. The lowest BCUT2D eigenvalue weighted by molar-refractivity contribution is 0.144. The summed E-state index contributed by atoms with van der Waals surface area (Å²) >= 11 is 0. The van der Waals surface area contributed by atoms with Crippen LogP contribution < -0.4 is 0 Å². The predicted molar refractivity (Wildman–Crippen MR) is 39.8 cm³/mol. The Morgan fingerprint density at radius 1 is 1.57 bits per heavy atom. The Morgan fingerprint density at radius 3 is 2.64 bits per heavy atom. The van der Waals surface area contributed by atoms with Crippen LogP contribution in [0, 0.1) is 17.3 Å². The number of nitriles is 1. The first-order chi connectivity index (χ1) is 6.60. The van der Waals surface area contributed by atoms with Gasteiger partial charge in [-0.2, -0.15) is 9.65 Å². The topological polar surface area (TPSA) is 56.9 Å². The second-order valence-electron chi connectivity index (χ2n) is 2.44. The van der Waals surface area contributed by atoms with Gasteiger partial charge in [0.05, 0.1) is 29.5 Å². The van der Waals surface area contributed by atoms with Gasteiger partial charge in [0.25, 0.3) is 6.43 Å². The summed E-state index contributed by atoms with van der Waals surface area (Å²) in [5, 5.41) is 17.0. The molecule has 14 heavy (non-hydrogen) atoms. The first-order valence-corrected chi connectivity index (χ1v) is 3.58. The lowest BCUT2D eigenvalue weighted by atomic mass is 10.1. The Labute approximate surface area is 77.4 Å². The summed E-state index contributed by atoms with van der Waals surface area (Å²) in [5.74, 6) is -1.41. The Bertz CT molecular complexity index is 387. The number of halogens is 3. The van der Waals surface area contributed by atoms with E-state index in [1.807, 2.05) is 0 Å². The molecule has 0 aliphatic rings. The van der Waals surface area contributed by atoms with Crippen molar-refractivity contribution in [1.82, 2.24) is 4.98 Å². The van der Waals surface area contributed by atoms with E-state index in [1.165, 1.54) is 6.07 Å². The van der Waals surface area contributed by atoms with E-state index in [-0.39, 0.29) is 5.69 Å². The van der Waals surface area contributed by atoms with Gasteiger partial charge in [0.1, 0.15) is 0 Å². The van der Waals surface area contributed by atoms with Gasteiger partial charge in [0, 0.05) is 0 Å². The molecule has 0 bridgehead atoms. The molecule has 0 aliphatic carbocycles. The third kappa shape index (κ3) is 1.83. The maximum absolute atomic E-state index is 12.9. The SMILES string of the molecule is N#Cc1cc(CO)nc(F)c1C(F)F. The number of alkyl halides is 2. The number of rotatable bonds is 2. The molecule has 0 saturated carbocycles. The van der Waals surface area contributed by atoms with Gasteiger partial charge in [0.2, 0.25) is 5.95 Å². The summed E-state index contributed by atoms with van der Waals surface area (Å²) in [6.07, 6.45) is -3.09.